The van der Waals surface area contributed by atoms with E-state index in [-0.39, 0.29) is 0 Å². The van der Waals surface area contributed by atoms with Crippen LogP contribution in [0.2, 0.25) is 5.02 Å². The lowest BCUT2D eigenvalue weighted by Crippen LogP contribution is -2.30. The first kappa shape index (κ1) is 14.3. The maximum atomic E-state index is 6.10. The number of hydrogen-bond donors (Lipinski definition) is 1. The molecule has 2 nitrogen and oxygen atoms in total. The maximum absolute atomic E-state index is 6.10. The smallest absolute Gasteiger partial charge is 0.173 e. The molecule has 5 heteroatoms. The number of nitrogens with zero attached hydrogens (tertiary/aromatic N) is 1. The van der Waals surface area contributed by atoms with Crippen LogP contribution in [0.25, 0.3) is 0 Å². The molecule has 0 bridgehead atoms. The van der Waals surface area contributed by atoms with Crippen LogP contribution in [0, 0.1) is 6.92 Å². The first-order valence-corrected chi connectivity index (χ1v) is 7.54. The third kappa shape index (κ3) is 3.69. The molecule has 0 fully saturated rings. The molecular weight excluding hydrogens is 296 g/mol. The largest absolute Gasteiger partial charge is 0.347 e. The van der Waals surface area contributed by atoms with Gasteiger partial charge in [-0.15, -0.1) is 11.3 Å². The molecule has 0 unspecified atom stereocenters. The summed E-state index contributed by atoms with van der Waals surface area (Å²) in [6.07, 6.45) is 0. The van der Waals surface area contributed by atoms with Gasteiger partial charge in [0, 0.05) is 22.6 Å². The number of thiophene rings is 1. The Bertz CT molecular complexity index is 567. The highest BCUT2D eigenvalue weighted by Crippen LogP contribution is 2.23. The summed E-state index contributed by atoms with van der Waals surface area (Å²) in [5, 5.41) is 6.75. The van der Waals surface area contributed by atoms with Gasteiger partial charge in [-0.05, 0) is 48.3 Å². The van der Waals surface area contributed by atoms with Gasteiger partial charge in [0.1, 0.15) is 0 Å². The Morgan fingerprint density at radius 2 is 2.16 bits per heavy atom. The second-order valence-corrected chi connectivity index (χ2v) is 6.10. The molecule has 19 heavy (non-hydrogen) atoms. The lowest BCUT2D eigenvalue weighted by atomic mass is 10.2. The first-order valence-electron chi connectivity index (χ1n) is 5.87. The molecule has 0 radical (unpaired) electrons. The Hall–Kier alpha value is -1.10. The van der Waals surface area contributed by atoms with Gasteiger partial charge in [-0.25, -0.2) is 0 Å². The minimum Gasteiger partial charge on any atom is -0.347 e. The van der Waals surface area contributed by atoms with E-state index >= 15 is 0 Å². The molecule has 100 valence electrons. The van der Waals surface area contributed by atoms with Gasteiger partial charge in [0.15, 0.2) is 5.11 Å². The maximum Gasteiger partial charge on any atom is 0.173 e. The van der Waals surface area contributed by atoms with E-state index in [1.165, 1.54) is 4.88 Å². The Balaban J connectivity index is 2.02. The number of nitrogens with one attached hydrogen (secondary N) is 1. The molecule has 1 heterocycles. The normalized spacial score (nSPS) is 10.3. The van der Waals surface area contributed by atoms with Crippen LogP contribution in [-0.2, 0) is 6.54 Å². The second kappa shape index (κ2) is 6.37. The lowest BCUT2D eigenvalue weighted by molar-refractivity contribution is 0.514. The van der Waals surface area contributed by atoms with Crippen molar-refractivity contribution in [2.45, 2.75) is 13.5 Å². The van der Waals surface area contributed by atoms with Gasteiger partial charge in [-0.1, -0.05) is 23.7 Å². The summed E-state index contributed by atoms with van der Waals surface area (Å²) < 4.78 is 0. The Morgan fingerprint density at radius 1 is 1.37 bits per heavy atom. The van der Waals surface area contributed by atoms with Crippen LogP contribution < -0.4 is 5.32 Å². The third-order valence-electron chi connectivity index (χ3n) is 2.83. The molecule has 0 saturated carbocycles. The Kier molecular flexibility index (Phi) is 4.80. The molecule has 0 aliphatic carbocycles. The van der Waals surface area contributed by atoms with E-state index in [1.54, 1.807) is 11.3 Å². The van der Waals surface area contributed by atoms with Crippen molar-refractivity contribution in [3.05, 3.63) is 51.2 Å². The highest BCUT2D eigenvalue weighted by atomic mass is 35.5. The van der Waals surface area contributed by atoms with Crippen LogP contribution in [0.5, 0.6) is 0 Å². The van der Waals surface area contributed by atoms with Crippen molar-refractivity contribution in [3.63, 3.8) is 0 Å². The summed E-state index contributed by atoms with van der Waals surface area (Å²) in [5.41, 5.74) is 1.96. The van der Waals surface area contributed by atoms with E-state index < -0.39 is 0 Å². The standard InChI is InChI=1S/C14H15ClN2S2/c1-10-12(15)6-3-7-13(10)16-14(18)17(2)9-11-5-4-8-19-11/h3-8H,9H2,1-2H3,(H,16,18). The van der Waals surface area contributed by atoms with Crippen LogP contribution in [0.15, 0.2) is 35.7 Å². The molecule has 1 aromatic heterocycles. The molecule has 0 spiro atoms. The first-order chi connectivity index (χ1) is 9.08. The lowest BCUT2D eigenvalue weighted by Gasteiger charge is -2.21. The van der Waals surface area contributed by atoms with Crippen molar-refractivity contribution in [3.8, 4) is 0 Å². The predicted molar refractivity (Wildman–Crippen MR) is 88.2 cm³/mol. The van der Waals surface area contributed by atoms with E-state index in [0.717, 1.165) is 22.8 Å². The van der Waals surface area contributed by atoms with Crippen molar-refractivity contribution < 1.29 is 0 Å². The molecule has 0 aliphatic heterocycles. The highest BCUT2D eigenvalue weighted by molar-refractivity contribution is 7.80. The second-order valence-electron chi connectivity index (χ2n) is 4.28. The van der Waals surface area contributed by atoms with Crippen LogP contribution in [0.1, 0.15) is 10.4 Å². The fourth-order valence-corrected chi connectivity index (χ4v) is 2.77. The Labute approximate surface area is 128 Å². The van der Waals surface area contributed by atoms with Gasteiger partial charge < -0.3 is 10.2 Å². The molecule has 0 saturated heterocycles. The van der Waals surface area contributed by atoms with Gasteiger partial charge in [0.2, 0.25) is 0 Å². The zero-order valence-corrected chi connectivity index (χ0v) is 13.2. The molecule has 2 aromatic rings. The number of hydrogen-bond acceptors (Lipinski definition) is 2. The number of benzene rings is 1. The van der Waals surface area contributed by atoms with Crippen LogP contribution in [0.4, 0.5) is 5.69 Å². The molecule has 1 aromatic carbocycles. The summed E-state index contributed by atoms with van der Waals surface area (Å²) >= 11 is 13.2. The van der Waals surface area contributed by atoms with E-state index in [2.05, 4.69) is 16.8 Å². The zero-order valence-electron chi connectivity index (χ0n) is 10.8. The molecule has 1 N–H and O–H groups in total. The van der Waals surface area contributed by atoms with Gasteiger partial charge in [-0.3, -0.25) is 0 Å². The Morgan fingerprint density at radius 3 is 2.84 bits per heavy atom. The van der Waals surface area contributed by atoms with Crippen molar-refractivity contribution in [2.24, 2.45) is 0 Å². The monoisotopic (exact) mass is 310 g/mol. The average molecular weight is 311 g/mol. The average Bonchev–Trinajstić information content (AvgIpc) is 2.87. The topological polar surface area (TPSA) is 15.3 Å². The van der Waals surface area contributed by atoms with Crippen molar-refractivity contribution in [2.75, 3.05) is 12.4 Å². The van der Waals surface area contributed by atoms with E-state index in [1.807, 2.05) is 43.1 Å². The minimum absolute atomic E-state index is 0.693. The van der Waals surface area contributed by atoms with Gasteiger partial charge >= 0.3 is 0 Å². The van der Waals surface area contributed by atoms with E-state index in [0.29, 0.717) is 5.11 Å². The minimum atomic E-state index is 0.693. The highest BCUT2D eigenvalue weighted by Gasteiger charge is 2.08. The molecule has 0 atom stereocenters. The van der Waals surface area contributed by atoms with E-state index in [4.69, 9.17) is 23.8 Å². The fourth-order valence-electron chi connectivity index (χ4n) is 1.66. The van der Waals surface area contributed by atoms with Gasteiger partial charge in [0.05, 0.1) is 6.54 Å². The van der Waals surface area contributed by atoms with Crippen LogP contribution in [0.3, 0.4) is 0 Å². The number of rotatable bonds is 3. The van der Waals surface area contributed by atoms with Crippen LogP contribution >= 0.6 is 35.2 Å². The van der Waals surface area contributed by atoms with Gasteiger partial charge in [0.25, 0.3) is 0 Å². The summed E-state index contributed by atoms with van der Waals surface area (Å²) in [4.78, 5) is 3.30. The molecule has 0 amide bonds. The number of halogens is 1. The summed E-state index contributed by atoms with van der Waals surface area (Å²) in [6, 6.07) is 9.92. The number of thiocarbonyl (C=S) groups is 1. The van der Waals surface area contributed by atoms with Crippen molar-refractivity contribution in [1.29, 1.82) is 0 Å². The quantitative estimate of drug-likeness (QED) is 0.838. The molecular formula is C14H15ClN2S2. The fraction of sp³-hybridized carbons (Fsp3) is 0.214. The van der Waals surface area contributed by atoms with Crippen molar-refractivity contribution in [1.82, 2.24) is 4.90 Å². The summed E-state index contributed by atoms with van der Waals surface area (Å²) in [6.45, 7) is 2.79. The molecule has 0 aliphatic rings. The third-order valence-corrected chi connectivity index (χ3v) is 4.51. The summed E-state index contributed by atoms with van der Waals surface area (Å²) in [7, 11) is 1.98. The zero-order chi connectivity index (χ0) is 13.8. The van der Waals surface area contributed by atoms with E-state index in [9.17, 15) is 0 Å². The SMILES string of the molecule is Cc1c(Cl)cccc1NC(=S)N(C)Cc1cccs1. The summed E-state index contributed by atoms with van der Waals surface area (Å²) in [5.74, 6) is 0. The predicted octanol–water partition coefficient (Wildman–Crippen LogP) is 4.54. The van der Waals surface area contributed by atoms with Crippen LogP contribution in [-0.4, -0.2) is 17.1 Å². The van der Waals surface area contributed by atoms with Crippen molar-refractivity contribution >= 4 is 46.0 Å². The number of anilines is 1. The molecule has 2 rings (SSSR count). The van der Waals surface area contributed by atoms with Gasteiger partial charge in [-0.2, -0.15) is 0 Å².